The van der Waals surface area contributed by atoms with Gasteiger partial charge in [0.25, 0.3) is 5.91 Å². The van der Waals surface area contributed by atoms with Crippen LogP contribution in [0.25, 0.3) is 0 Å². The third-order valence-corrected chi connectivity index (χ3v) is 5.33. The monoisotopic (exact) mass is 516 g/mol. The van der Waals surface area contributed by atoms with Crippen LogP contribution in [0.5, 0.6) is 17.2 Å². The molecule has 2 aromatic rings. The molecule has 0 aliphatic carbocycles. The summed E-state index contributed by atoms with van der Waals surface area (Å²) in [6, 6.07) is 9.77. The predicted octanol–water partition coefficient (Wildman–Crippen LogP) is 3.72. The van der Waals surface area contributed by atoms with Crippen LogP contribution in [-0.4, -0.2) is 60.9 Å². The molecule has 1 aromatic carbocycles. The van der Waals surface area contributed by atoms with Crippen molar-refractivity contribution >= 4 is 17.8 Å². The summed E-state index contributed by atoms with van der Waals surface area (Å²) in [6.45, 7) is 8.83. The molecule has 37 heavy (non-hydrogen) atoms. The summed E-state index contributed by atoms with van der Waals surface area (Å²) in [5.41, 5.74) is -0.200. The number of aromatic nitrogens is 1. The van der Waals surface area contributed by atoms with Crippen molar-refractivity contribution in [2.45, 2.75) is 71.8 Å². The van der Waals surface area contributed by atoms with Crippen LogP contribution in [0.1, 0.15) is 57.9 Å². The van der Waals surface area contributed by atoms with Crippen molar-refractivity contribution in [3.05, 3.63) is 48.3 Å². The van der Waals surface area contributed by atoms with E-state index in [2.05, 4.69) is 10.3 Å². The van der Waals surface area contributed by atoms with Crippen LogP contribution >= 0.6 is 0 Å². The summed E-state index contributed by atoms with van der Waals surface area (Å²) >= 11 is 0. The Hall–Kier alpha value is -3.66. The summed E-state index contributed by atoms with van der Waals surface area (Å²) in [7, 11) is 1.37. The molecule has 0 bridgehead atoms. The van der Waals surface area contributed by atoms with Crippen LogP contribution < -0.4 is 19.5 Å². The number of rotatable bonds is 14. The maximum atomic E-state index is 12.9. The first-order valence-electron chi connectivity index (χ1n) is 12.3. The van der Waals surface area contributed by atoms with Gasteiger partial charge in [-0.3, -0.25) is 9.59 Å². The fourth-order valence-corrected chi connectivity index (χ4v) is 3.53. The predicted molar refractivity (Wildman–Crippen MR) is 136 cm³/mol. The van der Waals surface area contributed by atoms with Crippen LogP contribution in [0.3, 0.4) is 0 Å². The van der Waals surface area contributed by atoms with Gasteiger partial charge in [-0.25, -0.2) is 9.78 Å². The lowest BCUT2D eigenvalue weighted by atomic mass is 10.1. The standard InChI is InChI=1S/C27H36N2O8/c1-7-16-34-24(21(8-2)37-20-12-10-9-11-13-20)18(4)35-27(32)17(3)29-26(31)23-25(36-19(5)30)22(33-6)14-15-28-23/h9-15,17-18,21,24H,7-8,16H2,1-6H3,(H,29,31)/t17-,18-,21-,24-/m0/s1. The highest BCUT2D eigenvalue weighted by Gasteiger charge is 2.33. The summed E-state index contributed by atoms with van der Waals surface area (Å²) in [6.07, 6.45) is 1.17. The molecule has 1 heterocycles. The Morgan fingerprint density at radius 3 is 2.35 bits per heavy atom. The highest BCUT2D eigenvalue weighted by atomic mass is 16.6. The molecule has 0 saturated carbocycles. The van der Waals surface area contributed by atoms with Gasteiger partial charge in [-0.15, -0.1) is 0 Å². The molecule has 1 N–H and O–H groups in total. The quantitative estimate of drug-likeness (QED) is 0.374. The van der Waals surface area contributed by atoms with E-state index in [1.165, 1.54) is 33.2 Å². The lowest BCUT2D eigenvalue weighted by Crippen LogP contribution is -2.47. The van der Waals surface area contributed by atoms with E-state index in [0.717, 1.165) is 6.42 Å². The first-order valence-corrected chi connectivity index (χ1v) is 12.3. The number of carbonyl (C=O) groups is 3. The zero-order valence-electron chi connectivity index (χ0n) is 22.2. The van der Waals surface area contributed by atoms with Gasteiger partial charge < -0.3 is 29.0 Å². The molecule has 0 unspecified atom stereocenters. The van der Waals surface area contributed by atoms with Crippen LogP contribution in [0, 0.1) is 0 Å². The largest absolute Gasteiger partial charge is 0.493 e. The molecule has 4 atom stereocenters. The average Bonchev–Trinajstić information content (AvgIpc) is 2.88. The Kier molecular flexibility index (Phi) is 11.8. The number of nitrogens with zero attached hydrogens (tertiary/aromatic N) is 1. The number of nitrogens with one attached hydrogen (secondary N) is 1. The zero-order chi connectivity index (χ0) is 27.4. The number of benzene rings is 1. The fourth-order valence-electron chi connectivity index (χ4n) is 3.53. The summed E-state index contributed by atoms with van der Waals surface area (Å²) in [5, 5.41) is 2.54. The van der Waals surface area contributed by atoms with Gasteiger partial charge in [-0.1, -0.05) is 32.0 Å². The van der Waals surface area contributed by atoms with Crippen molar-refractivity contribution in [3.8, 4) is 17.2 Å². The molecule has 0 fully saturated rings. The Bertz CT molecular complexity index is 1030. The average molecular weight is 517 g/mol. The van der Waals surface area contributed by atoms with E-state index in [1.54, 1.807) is 6.92 Å². The maximum Gasteiger partial charge on any atom is 0.328 e. The van der Waals surface area contributed by atoms with E-state index >= 15 is 0 Å². The fraction of sp³-hybridized carbons (Fsp3) is 0.481. The Balaban J connectivity index is 2.11. The molecular formula is C27H36N2O8. The molecule has 0 saturated heterocycles. The van der Waals surface area contributed by atoms with Crippen molar-refractivity contribution in [1.29, 1.82) is 0 Å². The number of ether oxygens (including phenoxy) is 5. The van der Waals surface area contributed by atoms with Crippen molar-refractivity contribution in [1.82, 2.24) is 10.3 Å². The zero-order valence-corrected chi connectivity index (χ0v) is 22.2. The van der Waals surface area contributed by atoms with E-state index in [4.69, 9.17) is 23.7 Å². The van der Waals surface area contributed by atoms with E-state index < -0.39 is 36.1 Å². The van der Waals surface area contributed by atoms with E-state index in [0.29, 0.717) is 18.8 Å². The van der Waals surface area contributed by atoms with Gasteiger partial charge in [0.1, 0.15) is 30.1 Å². The molecule has 0 radical (unpaired) electrons. The molecule has 0 spiro atoms. The van der Waals surface area contributed by atoms with Crippen molar-refractivity contribution in [2.24, 2.45) is 0 Å². The Morgan fingerprint density at radius 1 is 1.05 bits per heavy atom. The lowest BCUT2D eigenvalue weighted by Gasteiger charge is -2.32. The lowest BCUT2D eigenvalue weighted by molar-refractivity contribution is -0.163. The molecule has 0 aliphatic rings. The van der Waals surface area contributed by atoms with Gasteiger partial charge in [0.15, 0.2) is 11.4 Å². The van der Waals surface area contributed by atoms with Crippen LogP contribution in [0.15, 0.2) is 42.6 Å². The smallest absolute Gasteiger partial charge is 0.328 e. The second-order valence-corrected chi connectivity index (χ2v) is 8.33. The van der Waals surface area contributed by atoms with Crippen LogP contribution in [0.2, 0.25) is 0 Å². The van der Waals surface area contributed by atoms with Gasteiger partial charge in [0.05, 0.1) is 7.11 Å². The topological polar surface area (TPSA) is 122 Å². The summed E-state index contributed by atoms with van der Waals surface area (Å²) in [4.78, 5) is 41.3. The highest BCUT2D eigenvalue weighted by Crippen LogP contribution is 2.29. The summed E-state index contributed by atoms with van der Waals surface area (Å²) < 4.78 is 28.1. The normalized spacial score (nSPS) is 14.0. The van der Waals surface area contributed by atoms with Crippen molar-refractivity contribution in [3.63, 3.8) is 0 Å². The number of pyridine rings is 1. The molecule has 0 aliphatic heterocycles. The molecule has 1 aromatic heterocycles. The number of hydrogen-bond donors (Lipinski definition) is 1. The van der Waals surface area contributed by atoms with Crippen LogP contribution in [-0.2, 0) is 19.1 Å². The van der Waals surface area contributed by atoms with Gasteiger partial charge in [-0.2, -0.15) is 0 Å². The maximum absolute atomic E-state index is 12.9. The minimum atomic E-state index is -1.03. The van der Waals surface area contributed by atoms with Crippen LogP contribution in [0.4, 0.5) is 0 Å². The molecule has 2 rings (SSSR count). The second kappa shape index (κ2) is 14.8. The number of carbonyl (C=O) groups excluding carboxylic acids is 3. The van der Waals surface area contributed by atoms with E-state index in [9.17, 15) is 14.4 Å². The van der Waals surface area contributed by atoms with E-state index in [-0.39, 0.29) is 23.3 Å². The van der Waals surface area contributed by atoms with E-state index in [1.807, 2.05) is 44.2 Å². The van der Waals surface area contributed by atoms with Gasteiger partial charge in [-0.05, 0) is 38.8 Å². The molecule has 10 heteroatoms. The number of para-hydroxylation sites is 1. The van der Waals surface area contributed by atoms with Gasteiger partial charge in [0.2, 0.25) is 5.75 Å². The molecule has 1 amide bonds. The minimum absolute atomic E-state index is 0.138. The molecule has 202 valence electrons. The van der Waals surface area contributed by atoms with Crippen molar-refractivity contribution < 1.29 is 38.1 Å². The second-order valence-electron chi connectivity index (χ2n) is 8.33. The number of hydrogen-bond acceptors (Lipinski definition) is 9. The molecular weight excluding hydrogens is 480 g/mol. The highest BCUT2D eigenvalue weighted by molar-refractivity contribution is 5.98. The Morgan fingerprint density at radius 2 is 1.76 bits per heavy atom. The number of amides is 1. The third-order valence-electron chi connectivity index (χ3n) is 5.33. The number of methoxy groups -OCH3 is 1. The first kappa shape index (κ1) is 29.6. The Labute approximate surface area is 217 Å². The SMILES string of the molecule is CCCO[C@@H]([C@H](C)OC(=O)[C@H](C)NC(=O)c1nccc(OC)c1OC(C)=O)[C@H](CC)Oc1ccccc1. The first-order chi connectivity index (χ1) is 17.7. The van der Waals surface area contributed by atoms with Gasteiger partial charge >= 0.3 is 11.9 Å². The van der Waals surface area contributed by atoms with Crippen molar-refractivity contribution in [2.75, 3.05) is 13.7 Å². The minimum Gasteiger partial charge on any atom is -0.493 e. The number of esters is 2. The summed E-state index contributed by atoms with van der Waals surface area (Å²) in [5.74, 6) is -1.35. The molecule has 10 nitrogen and oxygen atoms in total. The third kappa shape index (κ3) is 8.75. The van der Waals surface area contributed by atoms with Gasteiger partial charge in [0, 0.05) is 25.8 Å².